The number of nitrogens with zero attached hydrogens (tertiary/aromatic N) is 4. The number of hydrogen-bond acceptors (Lipinski definition) is 6. The first-order valence-corrected chi connectivity index (χ1v) is 12.6. The summed E-state index contributed by atoms with van der Waals surface area (Å²) in [6.07, 6.45) is 2.38. The van der Waals surface area contributed by atoms with E-state index < -0.39 is 16.1 Å². The van der Waals surface area contributed by atoms with Crippen molar-refractivity contribution in [3.8, 4) is 5.69 Å². The molecule has 2 aliphatic heterocycles. The normalized spacial score (nSPS) is 16.4. The number of amides is 3. The number of benzene rings is 2. The summed E-state index contributed by atoms with van der Waals surface area (Å²) in [7, 11) is 0. The van der Waals surface area contributed by atoms with Crippen LogP contribution in [0.15, 0.2) is 59.5 Å². The van der Waals surface area contributed by atoms with E-state index in [2.05, 4.69) is 6.07 Å². The SMILES string of the molecule is Cc1cc(/C=C2\SC(=O)N(CC(=O)N3CCc4ccccc4C3)C2=O)c(C)n1-c1cccc([N+](=O)[O-])c1. The van der Waals surface area contributed by atoms with Crippen LogP contribution in [0.4, 0.5) is 10.5 Å². The van der Waals surface area contributed by atoms with Crippen LogP contribution in [0.2, 0.25) is 0 Å². The zero-order valence-electron chi connectivity index (χ0n) is 20.3. The maximum Gasteiger partial charge on any atom is 0.294 e. The summed E-state index contributed by atoms with van der Waals surface area (Å²) in [5, 5.41) is 10.7. The van der Waals surface area contributed by atoms with Crippen LogP contribution in [-0.4, -0.2) is 49.4 Å². The van der Waals surface area contributed by atoms with E-state index in [1.54, 1.807) is 23.1 Å². The Labute approximate surface area is 217 Å². The van der Waals surface area contributed by atoms with Gasteiger partial charge in [-0.1, -0.05) is 30.3 Å². The Morgan fingerprint density at radius 2 is 1.84 bits per heavy atom. The number of fused-ring (bicyclic) bond motifs is 1. The fourth-order valence-corrected chi connectivity index (χ4v) is 5.63. The van der Waals surface area contributed by atoms with Gasteiger partial charge in [0.05, 0.1) is 15.5 Å². The van der Waals surface area contributed by atoms with Gasteiger partial charge in [0.15, 0.2) is 0 Å². The summed E-state index contributed by atoms with van der Waals surface area (Å²) in [5.74, 6) is -0.761. The zero-order chi connectivity index (χ0) is 26.3. The van der Waals surface area contributed by atoms with E-state index in [1.807, 2.05) is 42.7 Å². The monoisotopic (exact) mass is 516 g/mol. The first-order valence-electron chi connectivity index (χ1n) is 11.8. The highest BCUT2D eigenvalue weighted by Crippen LogP contribution is 2.34. The molecule has 3 aromatic rings. The van der Waals surface area contributed by atoms with E-state index in [0.29, 0.717) is 24.3 Å². The van der Waals surface area contributed by atoms with Crippen molar-refractivity contribution in [3.05, 3.63) is 97.7 Å². The molecule has 188 valence electrons. The Kier molecular flexibility index (Phi) is 6.43. The second-order valence-electron chi connectivity index (χ2n) is 9.04. The molecule has 1 saturated heterocycles. The number of non-ortho nitro benzene ring substituents is 1. The predicted octanol–water partition coefficient (Wildman–Crippen LogP) is 4.62. The molecule has 0 aliphatic carbocycles. The number of imide groups is 1. The van der Waals surface area contributed by atoms with Crippen molar-refractivity contribution in [1.82, 2.24) is 14.4 Å². The van der Waals surface area contributed by atoms with E-state index in [1.165, 1.54) is 17.7 Å². The number of aryl methyl sites for hydroxylation is 1. The Balaban J connectivity index is 1.34. The highest BCUT2D eigenvalue weighted by atomic mass is 32.2. The highest BCUT2D eigenvalue weighted by Gasteiger charge is 2.37. The van der Waals surface area contributed by atoms with E-state index in [-0.39, 0.29) is 23.0 Å². The third-order valence-corrected chi connectivity index (χ3v) is 7.61. The molecule has 1 fully saturated rings. The Morgan fingerprint density at radius 3 is 2.59 bits per heavy atom. The second-order valence-corrected chi connectivity index (χ2v) is 10.0. The van der Waals surface area contributed by atoms with Crippen LogP contribution in [0, 0.1) is 24.0 Å². The van der Waals surface area contributed by atoms with Gasteiger partial charge in [-0.3, -0.25) is 29.4 Å². The third kappa shape index (κ3) is 4.67. The smallest absolute Gasteiger partial charge is 0.294 e. The largest absolute Gasteiger partial charge is 0.336 e. The van der Waals surface area contributed by atoms with Gasteiger partial charge in [-0.05, 0) is 66.9 Å². The van der Waals surface area contributed by atoms with Gasteiger partial charge < -0.3 is 9.47 Å². The number of carbonyl (C=O) groups is 3. The molecular formula is C27H24N4O5S. The third-order valence-electron chi connectivity index (χ3n) is 6.71. The van der Waals surface area contributed by atoms with Crippen LogP contribution in [-0.2, 0) is 22.6 Å². The van der Waals surface area contributed by atoms with Crippen LogP contribution in [0.25, 0.3) is 11.8 Å². The molecule has 0 radical (unpaired) electrons. The first kappa shape index (κ1) is 24.5. The van der Waals surface area contributed by atoms with Crippen LogP contribution in [0.3, 0.4) is 0 Å². The summed E-state index contributed by atoms with van der Waals surface area (Å²) >= 11 is 0.809. The molecule has 1 aromatic heterocycles. The van der Waals surface area contributed by atoms with Gasteiger partial charge in [-0.25, -0.2) is 0 Å². The van der Waals surface area contributed by atoms with Gasteiger partial charge in [-0.15, -0.1) is 0 Å². The Morgan fingerprint density at radius 1 is 1.08 bits per heavy atom. The maximum atomic E-state index is 13.1. The molecule has 0 N–H and O–H groups in total. The quantitative estimate of drug-likeness (QED) is 0.278. The summed E-state index contributed by atoms with van der Waals surface area (Å²) in [5.41, 5.74) is 5.21. The molecular weight excluding hydrogens is 492 g/mol. The van der Waals surface area contributed by atoms with E-state index >= 15 is 0 Å². The molecule has 2 aromatic carbocycles. The van der Waals surface area contributed by atoms with Crippen molar-refractivity contribution in [3.63, 3.8) is 0 Å². The highest BCUT2D eigenvalue weighted by molar-refractivity contribution is 8.18. The lowest BCUT2D eigenvalue weighted by Gasteiger charge is -2.29. The van der Waals surface area contributed by atoms with Crippen LogP contribution in [0.5, 0.6) is 0 Å². The number of thioether (sulfide) groups is 1. The number of nitro groups is 1. The summed E-state index contributed by atoms with van der Waals surface area (Å²) in [6.45, 7) is 4.43. The maximum absolute atomic E-state index is 13.1. The van der Waals surface area contributed by atoms with Gasteiger partial charge in [0.1, 0.15) is 6.54 Å². The molecule has 9 nitrogen and oxygen atoms in total. The van der Waals surface area contributed by atoms with Gasteiger partial charge >= 0.3 is 0 Å². The average Bonchev–Trinajstić information content (AvgIpc) is 3.32. The van der Waals surface area contributed by atoms with Crippen molar-refractivity contribution in [2.75, 3.05) is 13.1 Å². The fourth-order valence-electron chi connectivity index (χ4n) is 4.80. The lowest BCUT2D eigenvalue weighted by Crippen LogP contribution is -2.44. The zero-order valence-corrected chi connectivity index (χ0v) is 21.2. The lowest BCUT2D eigenvalue weighted by molar-refractivity contribution is -0.384. The molecule has 10 heteroatoms. The van der Waals surface area contributed by atoms with Gasteiger partial charge in [0.2, 0.25) is 5.91 Å². The van der Waals surface area contributed by atoms with Crippen LogP contribution >= 0.6 is 11.8 Å². The second kappa shape index (κ2) is 9.70. The Bertz CT molecular complexity index is 1490. The van der Waals surface area contributed by atoms with Crippen molar-refractivity contribution < 1.29 is 19.3 Å². The van der Waals surface area contributed by atoms with Gasteiger partial charge in [-0.2, -0.15) is 0 Å². The minimum atomic E-state index is -0.499. The van der Waals surface area contributed by atoms with Crippen LogP contribution in [0.1, 0.15) is 28.1 Å². The molecule has 0 atom stereocenters. The molecule has 5 rings (SSSR count). The topological polar surface area (TPSA) is 106 Å². The number of carbonyl (C=O) groups excluding carboxylic acids is 3. The molecule has 0 bridgehead atoms. The van der Waals surface area contributed by atoms with Crippen molar-refractivity contribution in [1.29, 1.82) is 0 Å². The molecule has 0 unspecified atom stereocenters. The number of rotatable bonds is 5. The molecule has 37 heavy (non-hydrogen) atoms. The lowest BCUT2D eigenvalue weighted by atomic mass is 10.00. The standard InChI is InChI=1S/C27H24N4O5S/c1-17-12-21(18(2)30(17)22-8-5-9-23(14-22)31(35)36)13-24-26(33)29(27(34)37-24)16-25(32)28-11-10-19-6-3-4-7-20(19)15-28/h3-9,12-14H,10-11,15-16H2,1-2H3/b24-13-. The van der Waals surface area contributed by atoms with E-state index in [4.69, 9.17) is 0 Å². The van der Waals surface area contributed by atoms with Gasteiger partial charge in [0.25, 0.3) is 16.8 Å². The van der Waals surface area contributed by atoms with E-state index in [0.717, 1.165) is 40.0 Å². The minimum absolute atomic E-state index is 0.0190. The molecule has 2 aliphatic rings. The molecule has 0 spiro atoms. The summed E-state index contributed by atoms with van der Waals surface area (Å²) in [4.78, 5) is 52.4. The minimum Gasteiger partial charge on any atom is -0.336 e. The van der Waals surface area contributed by atoms with Crippen molar-refractivity contribution in [2.24, 2.45) is 0 Å². The Hall–Kier alpha value is -4.18. The van der Waals surface area contributed by atoms with E-state index in [9.17, 15) is 24.5 Å². The first-order chi connectivity index (χ1) is 17.7. The molecule has 3 amide bonds. The molecule has 3 heterocycles. The summed E-state index contributed by atoms with van der Waals surface area (Å²) in [6, 6.07) is 16.1. The van der Waals surface area contributed by atoms with Crippen molar-refractivity contribution >= 4 is 40.6 Å². The fraction of sp³-hybridized carbons (Fsp3) is 0.222. The molecule has 0 saturated carbocycles. The average molecular weight is 517 g/mol. The number of hydrogen-bond donors (Lipinski definition) is 0. The van der Waals surface area contributed by atoms with Gasteiger partial charge in [0, 0.05) is 36.6 Å². The van der Waals surface area contributed by atoms with Crippen LogP contribution < -0.4 is 0 Å². The van der Waals surface area contributed by atoms with Crippen molar-refractivity contribution in [2.45, 2.75) is 26.8 Å². The summed E-state index contributed by atoms with van der Waals surface area (Å²) < 4.78 is 1.86. The number of aromatic nitrogens is 1. The number of nitro benzene ring substituents is 1. The predicted molar refractivity (Wildman–Crippen MR) is 140 cm³/mol.